The molecule has 0 aromatic heterocycles. The standard InChI is InChI=1S/C23H28N4O3/c1-3-27(15-21(29)25-19-11-9-18(10-12-19)24-16(2)28)22(17-7-5-4-6-8-17)23(30)26-20-13-14-20/h4-12,20,22H,3,13-15H2,1-2H3,(H,24,28)(H,25,29)(H,26,30)/p+1/t22-/m1/s1. The van der Waals surface area contributed by atoms with Crippen molar-refractivity contribution in [3.05, 3.63) is 60.2 Å². The van der Waals surface area contributed by atoms with Crippen molar-refractivity contribution in [2.45, 2.75) is 38.8 Å². The molecule has 0 heterocycles. The summed E-state index contributed by atoms with van der Waals surface area (Å²) in [5.41, 5.74) is 2.21. The topological polar surface area (TPSA) is 91.7 Å². The van der Waals surface area contributed by atoms with E-state index in [2.05, 4.69) is 16.0 Å². The maximum atomic E-state index is 13.0. The van der Waals surface area contributed by atoms with Crippen LogP contribution in [0, 0.1) is 0 Å². The van der Waals surface area contributed by atoms with E-state index < -0.39 is 6.04 Å². The van der Waals surface area contributed by atoms with Gasteiger partial charge in [0.25, 0.3) is 11.8 Å². The Morgan fingerprint density at radius 2 is 1.57 bits per heavy atom. The van der Waals surface area contributed by atoms with Gasteiger partial charge in [-0.3, -0.25) is 14.4 Å². The van der Waals surface area contributed by atoms with Crippen LogP contribution in [0.3, 0.4) is 0 Å². The van der Waals surface area contributed by atoms with E-state index in [9.17, 15) is 14.4 Å². The first-order valence-corrected chi connectivity index (χ1v) is 10.3. The van der Waals surface area contributed by atoms with Crippen LogP contribution in [0.2, 0.25) is 0 Å². The number of likely N-dealkylation sites (N-methyl/N-ethyl adjacent to an activating group) is 1. The van der Waals surface area contributed by atoms with Gasteiger partial charge in [0.05, 0.1) is 6.54 Å². The lowest BCUT2D eigenvalue weighted by Crippen LogP contribution is -3.14. The fourth-order valence-electron chi connectivity index (χ4n) is 3.41. The average molecular weight is 410 g/mol. The first kappa shape index (κ1) is 21.5. The highest BCUT2D eigenvalue weighted by Gasteiger charge is 2.35. The molecule has 1 saturated carbocycles. The van der Waals surface area contributed by atoms with E-state index in [-0.39, 0.29) is 30.3 Å². The van der Waals surface area contributed by atoms with Gasteiger partial charge in [0, 0.05) is 29.9 Å². The second-order valence-electron chi connectivity index (χ2n) is 7.62. The molecule has 0 bridgehead atoms. The van der Waals surface area contributed by atoms with Gasteiger partial charge in [0.15, 0.2) is 12.6 Å². The van der Waals surface area contributed by atoms with Crippen molar-refractivity contribution in [1.82, 2.24) is 5.32 Å². The fourth-order valence-corrected chi connectivity index (χ4v) is 3.41. The molecule has 2 atom stereocenters. The van der Waals surface area contributed by atoms with Crippen molar-refractivity contribution < 1.29 is 19.3 Å². The Bertz CT molecular complexity index is 879. The zero-order valence-electron chi connectivity index (χ0n) is 17.4. The van der Waals surface area contributed by atoms with Gasteiger partial charge >= 0.3 is 0 Å². The predicted molar refractivity (Wildman–Crippen MR) is 116 cm³/mol. The van der Waals surface area contributed by atoms with Crippen molar-refractivity contribution in [3.8, 4) is 0 Å². The summed E-state index contributed by atoms with van der Waals surface area (Å²) in [6.07, 6.45) is 2.04. The van der Waals surface area contributed by atoms with E-state index in [1.165, 1.54) is 6.92 Å². The van der Waals surface area contributed by atoms with E-state index >= 15 is 0 Å². The van der Waals surface area contributed by atoms with Crippen LogP contribution in [0.15, 0.2) is 54.6 Å². The minimum Gasteiger partial charge on any atom is -0.348 e. The molecular formula is C23H29N4O3+. The molecule has 7 nitrogen and oxygen atoms in total. The Morgan fingerprint density at radius 3 is 2.10 bits per heavy atom. The van der Waals surface area contributed by atoms with Gasteiger partial charge in [-0.15, -0.1) is 0 Å². The minimum atomic E-state index is -0.440. The lowest BCUT2D eigenvalue weighted by molar-refractivity contribution is -0.912. The molecule has 1 aliphatic rings. The zero-order chi connectivity index (χ0) is 21.5. The Labute approximate surface area is 176 Å². The minimum absolute atomic E-state index is 0.0342. The molecule has 0 radical (unpaired) electrons. The third kappa shape index (κ3) is 6.15. The lowest BCUT2D eigenvalue weighted by atomic mass is 10.0. The molecule has 1 aliphatic carbocycles. The summed E-state index contributed by atoms with van der Waals surface area (Å²) in [6.45, 7) is 4.22. The van der Waals surface area contributed by atoms with Crippen molar-refractivity contribution in [3.63, 3.8) is 0 Å². The van der Waals surface area contributed by atoms with Crippen LogP contribution >= 0.6 is 0 Å². The second-order valence-corrected chi connectivity index (χ2v) is 7.62. The molecule has 0 aliphatic heterocycles. The molecule has 0 spiro atoms. The normalized spacial score (nSPS) is 15.0. The maximum Gasteiger partial charge on any atom is 0.283 e. The Balaban J connectivity index is 1.68. The van der Waals surface area contributed by atoms with E-state index in [4.69, 9.17) is 0 Å². The predicted octanol–water partition coefficient (Wildman–Crippen LogP) is 1.51. The van der Waals surface area contributed by atoms with Crippen LogP contribution in [0.1, 0.15) is 38.3 Å². The Kier molecular flexibility index (Phi) is 7.19. The van der Waals surface area contributed by atoms with E-state index in [1.807, 2.05) is 37.3 Å². The SMILES string of the molecule is CC[NH+](CC(=O)Nc1ccc(NC(C)=O)cc1)[C@@H](C(=O)NC1CC1)c1ccccc1. The number of carbonyl (C=O) groups is 3. The van der Waals surface area contributed by atoms with Crippen LogP contribution in [0.4, 0.5) is 11.4 Å². The molecule has 30 heavy (non-hydrogen) atoms. The van der Waals surface area contributed by atoms with E-state index in [0.29, 0.717) is 17.9 Å². The van der Waals surface area contributed by atoms with E-state index in [1.54, 1.807) is 24.3 Å². The van der Waals surface area contributed by atoms with Gasteiger partial charge in [-0.1, -0.05) is 30.3 Å². The molecule has 3 rings (SSSR count). The van der Waals surface area contributed by atoms with Gasteiger partial charge in [0.2, 0.25) is 5.91 Å². The maximum absolute atomic E-state index is 13.0. The summed E-state index contributed by atoms with van der Waals surface area (Å²) >= 11 is 0. The molecule has 0 saturated heterocycles. The molecule has 7 heteroatoms. The van der Waals surface area contributed by atoms with Crippen LogP contribution in [-0.2, 0) is 14.4 Å². The highest BCUT2D eigenvalue weighted by molar-refractivity contribution is 5.93. The second kappa shape index (κ2) is 10.0. The summed E-state index contributed by atoms with van der Waals surface area (Å²) in [5, 5.41) is 8.66. The number of hydrogen-bond donors (Lipinski definition) is 4. The number of nitrogens with one attached hydrogen (secondary N) is 4. The number of hydrogen-bond acceptors (Lipinski definition) is 3. The number of benzene rings is 2. The summed E-state index contributed by atoms with van der Waals surface area (Å²) in [5.74, 6) is -0.349. The van der Waals surface area contributed by atoms with Crippen molar-refractivity contribution in [1.29, 1.82) is 0 Å². The first-order chi connectivity index (χ1) is 14.5. The monoisotopic (exact) mass is 409 g/mol. The van der Waals surface area contributed by atoms with Crippen LogP contribution in [0.25, 0.3) is 0 Å². The number of anilines is 2. The molecule has 158 valence electrons. The summed E-state index contributed by atoms with van der Waals surface area (Å²) in [4.78, 5) is 37.7. The van der Waals surface area contributed by atoms with Crippen molar-refractivity contribution in [2.75, 3.05) is 23.7 Å². The summed E-state index contributed by atoms with van der Waals surface area (Å²) in [7, 11) is 0. The molecule has 2 aromatic rings. The van der Waals surface area contributed by atoms with Gasteiger partial charge in [0.1, 0.15) is 0 Å². The summed E-state index contributed by atoms with van der Waals surface area (Å²) < 4.78 is 0. The van der Waals surface area contributed by atoms with Crippen molar-refractivity contribution in [2.24, 2.45) is 0 Å². The molecule has 1 unspecified atom stereocenters. The largest absolute Gasteiger partial charge is 0.348 e. The molecular weight excluding hydrogens is 380 g/mol. The van der Waals surface area contributed by atoms with Crippen molar-refractivity contribution >= 4 is 29.1 Å². The van der Waals surface area contributed by atoms with Gasteiger partial charge in [-0.25, -0.2) is 0 Å². The Morgan fingerprint density at radius 1 is 0.967 bits per heavy atom. The Hall–Kier alpha value is -3.19. The molecule has 3 amide bonds. The third-order valence-corrected chi connectivity index (χ3v) is 5.06. The smallest absolute Gasteiger partial charge is 0.283 e. The quantitative estimate of drug-likeness (QED) is 0.506. The molecule has 4 N–H and O–H groups in total. The van der Waals surface area contributed by atoms with Crippen LogP contribution in [-0.4, -0.2) is 36.9 Å². The number of carbonyl (C=O) groups excluding carboxylic acids is 3. The third-order valence-electron chi connectivity index (χ3n) is 5.06. The average Bonchev–Trinajstić information content (AvgIpc) is 3.53. The van der Waals surface area contributed by atoms with Gasteiger partial charge in [-0.2, -0.15) is 0 Å². The molecule has 2 aromatic carbocycles. The van der Waals surface area contributed by atoms with E-state index in [0.717, 1.165) is 23.3 Å². The van der Waals surface area contributed by atoms with Crippen LogP contribution < -0.4 is 20.9 Å². The number of rotatable bonds is 9. The summed E-state index contributed by atoms with van der Waals surface area (Å²) in [6, 6.07) is 16.4. The number of quaternary nitrogens is 1. The highest BCUT2D eigenvalue weighted by atomic mass is 16.2. The molecule has 1 fully saturated rings. The lowest BCUT2D eigenvalue weighted by Gasteiger charge is -2.26. The highest BCUT2D eigenvalue weighted by Crippen LogP contribution is 2.20. The number of amides is 3. The first-order valence-electron chi connectivity index (χ1n) is 10.3. The zero-order valence-corrected chi connectivity index (χ0v) is 17.4. The van der Waals surface area contributed by atoms with Gasteiger partial charge in [-0.05, 0) is 44.0 Å². The van der Waals surface area contributed by atoms with Gasteiger partial charge < -0.3 is 20.9 Å². The van der Waals surface area contributed by atoms with Crippen LogP contribution in [0.5, 0.6) is 0 Å². The fraction of sp³-hybridized carbons (Fsp3) is 0.348.